The first-order valence-corrected chi connectivity index (χ1v) is 9.41. The number of para-hydroxylation sites is 1. The predicted molar refractivity (Wildman–Crippen MR) is 90.5 cm³/mol. The summed E-state index contributed by atoms with van der Waals surface area (Å²) in [5.74, 6) is 0.366. The molecular formula is C15H17N3O3S2. The number of aryl methyl sites for hydroxylation is 1. The van der Waals surface area contributed by atoms with Gasteiger partial charge >= 0.3 is 0 Å². The van der Waals surface area contributed by atoms with Gasteiger partial charge in [-0.1, -0.05) is 18.2 Å². The molecule has 0 aliphatic rings. The van der Waals surface area contributed by atoms with Crippen LogP contribution in [0.1, 0.15) is 5.69 Å². The quantitative estimate of drug-likeness (QED) is 0.739. The Morgan fingerprint density at radius 1 is 1.30 bits per heavy atom. The summed E-state index contributed by atoms with van der Waals surface area (Å²) in [6, 6.07) is 9.54. The number of nitrogens with zero attached hydrogens (tertiary/aromatic N) is 2. The molecule has 3 rings (SSSR count). The lowest BCUT2D eigenvalue weighted by molar-refractivity contribution is 0.406. The molecule has 1 N–H and O–H groups in total. The van der Waals surface area contributed by atoms with Gasteiger partial charge in [-0.15, -0.1) is 11.3 Å². The Bertz CT molecular complexity index is 928. The van der Waals surface area contributed by atoms with E-state index in [0.29, 0.717) is 12.2 Å². The zero-order valence-corrected chi connectivity index (χ0v) is 14.4. The molecule has 0 saturated heterocycles. The molecule has 0 amide bonds. The molecule has 0 aliphatic heterocycles. The fraction of sp³-hybridized carbons (Fsp3) is 0.267. The molecule has 8 heteroatoms. The highest BCUT2D eigenvalue weighted by atomic mass is 32.2. The van der Waals surface area contributed by atoms with Crippen LogP contribution >= 0.6 is 11.3 Å². The number of aromatic nitrogens is 2. The van der Waals surface area contributed by atoms with E-state index in [1.54, 1.807) is 11.4 Å². The number of thiophene rings is 1. The minimum atomic E-state index is -3.57. The number of nitrogens with one attached hydrogen (secondary N) is 1. The Kier molecular flexibility index (Phi) is 4.38. The molecule has 0 bridgehead atoms. The van der Waals surface area contributed by atoms with Crippen molar-refractivity contribution in [2.75, 3.05) is 13.7 Å². The second-order valence-corrected chi connectivity index (χ2v) is 7.89. The molecular weight excluding hydrogens is 334 g/mol. The second-order valence-electron chi connectivity index (χ2n) is 5.01. The van der Waals surface area contributed by atoms with Gasteiger partial charge in [0.2, 0.25) is 0 Å². The van der Waals surface area contributed by atoms with E-state index in [1.165, 1.54) is 7.11 Å². The molecule has 6 nitrogen and oxygen atoms in total. The summed E-state index contributed by atoms with van der Waals surface area (Å²) in [6.07, 6.45) is 0.522. The maximum absolute atomic E-state index is 12.3. The molecule has 2 aromatic heterocycles. The van der Waals surface area contributed by atoms with Crippen molar-refractivity contribution in [3.05, 3.63) is 41.4 Å². The van der Waals surface area contributed by atoms with Crippen LogP contribution in [0.2, 0.25) is 0 Å². The molecule has 1 aromatic carbocycles. The van der Waals surface area contributed by atoms with E-state index in [9.17, 15) is 8.42 Å². The number of hydrogen-bond donors (Lipinski definition) is 1. The minimum Gasteiger partial charge on any atom is -0.494 e. The molecule has 0 atom stereocenters. The van der Waals surface area contributed by atoms with Gasteiger partial charge in [0.25, 0.3) is 10.0 Å². The van der Waals surface area contributed by atoms with Gasteiger partial charge in [-0.2, -0.15) is 5.10 Å². The number of hydrogen-bond acceptors (Lipinski definition) is 5. The molecule has 0 saturated carbocycles. The van der Waals surface area contributed by atoms with Crippen LogP contribution in [0.4, 0.5) is 0 Å². The first-order chi connectivity index (χ1) is 11.0. The first kappa shape index (κ1) is 16.0. The number of ether oxygens (including phenoxy) is 1. The fourth-order valence-corrected chi connectivity index (χ4v) is 4.82. The van der Waals surface area contributed by atoms with Crippen LogP contribution in [-0.2, 0) is 23.5 Å². The van der Waals surface area contributed by atoms with Crippen LogP contribution in [0.3, 0.4) is 0 Å². The van der Waals surface area contributed by atoms with Crippen molar-refractivity contribution in [1.82, 2.24) is 14.5 Å². The van der Waals surface area contributed by atoms with E-state index in [2.05, 4.69) is 9.82 Å². The van der Waals surface area contributed by atoms with Crippen molar-refractivity contribution in [2.24, 2.45) is 7.05 Å². The van der Waals surface area contributed by atoms with Crippen LogP contribution < -0.4 is 9.46 Å². The molecule has 2 heterocycles. The summed E-state index contributed by atoms with van der Waals surface area (Å²) >= 11 is 1.14. The van der Waals surface area contributed by atoms with E-state index < -0.39 is 10.0 Å². The maximum atomic E-state index is 12.3. The molecule has 0 aliphatic carbocycles. The number of benzene rings is 1. The highest BCUT2D eigenvalue weighted by Crippen LogP contribution is 2.29. The Morgan fingerprint density at radius 3 is 2.87 bits per heavy atom. The summed E-state index contributed by atoms with van der Waals surface area (Å²) in [5.41, 5.74) is 1.91. The summed E-state index contributed by atoms with van der Waals surface area (Å²) < 4.78 is 34.3. The van der Waals surface area contributed by atoms with E-state index >= 15 is 0 Å². The van der Waals surface area contributed by atoms with Gasteiger partial charge in [-0.3, -0.25) is 4.68 Å². The molecule has 0 fully saturated rings. The molecule has 0 radical (unpaired) electrons. The molecule has 122 valence electrons. The summed E-state index contributed by atoms with van der Waals surface area (Å²) in [6.45, 7) is 0.282. The SMILES string of the molecule is COc1ccsc1S(=O)(=O)NCCc1nn(C)c2ccccc12. The van der Waals surface area contributed by atoms with Crippen LogP contribution in [0.5, 0.6) is 5.75 Å². The van der Waals surface area contributed by atoms with Crippen molar-refractivity contribution in [1.29, 1.82) is 0 Å². The third-order valence-electron chi connectivity index (χ3n) is 3.55. The molecule has 23 heavy (non-hydrogen) atoms. The van der Waals surface area contributed by atoms with Crippen molar-refractivity contribution < 1.29 is 13.2 Å². The van der Waals surface area contributed by atoms with Crippen LogP contribution in [0.15, 0.2) is 39.9 Å². The Balaban J connectivity index is 1.74. The highest BCUT2D eigenvalue weighted by Gasteiger charge is 2.21. The standard InChI is InChI=1S/C15H17N3O3S2/c1-18-13-6-4-3-5-11(13)12(17-18)7-9-16-23(19,20)15-14(21-2)8-10-22-15/h3-6,8,10,16H,7,9H2,1-2H3. The Morgan fingerprint density at radius 2 is 2.09 bits per heavy atom. The van der Waals surface area contributed by atoms with Gasteiger partial charge in [0.15, 0.2) is 4.21 Å². The van der Waals surface area contributed by atoms with Crippen LogP contribution in [0.25, 0.3) is 10.9 Å². The number of fused-ring (bicyclic) bond motifs is 1. The smallest absolute Gasteiger partial charge is 0.253 e. The average molecular weight is 351 g/mol. The van der Waals surface area contributed by atoms with Crippen LogP contribution in [0, 0.1) is 0 Å². The van der Waals surface area contributed by atoms with E-state index in [1.807, 2.05) is 36.0 Å². The monoisotopic (exact) mass is 351 g/mol. The zero-order chi connectivity index (χ0) is 16.4. The third-order valence-corrected chi connectivity index (χ3v) is 6.46. The summed E-state index contributed by atoms with van der Waals surface area (Å²) in [7, 11) is -0.226. The summed E-state index contributed by atoms with van der Waals surface area (Å²) in [4.78, 5) is 0. The third kappa shape index (κ3) is 3.10. The van der Waals surface area contributed by atoms with Crippen molar-refractivity contribution >= 4 is 32.3 Å². The van der Waals surface area contributed by atoms with Gasteiger partial charge in [-0.25, -0.2) is 13.1 Å². The predicted octanol–water partition coefficient (Wildman–Crippen LogP) is 2.16. The largest absolute Gasteiger partial charge is 0.494 e. The van der Waals surface area contributed by atoms with Crippen molar-refractivity contribution in [2.45, 2.75) is 10.6 Å². The fourth-order valence-electron chi connectivity index (χ4n) is 2.47. The lowest BCUT2D eigenvalue weighted by atomic mass is 10.2. The van der Waals surface area contributed by atoms with Gasteiger partial charge in [0, 0.05) is 25.4 Å². The van der Waals surface area contributed by atoms with Gasteiger partial charge in [0.1, 0.15) is 5.75 Å². The highest BCUT2D eigenvalue weighted by molar-refractivity contribution is 7.91. The topological polar surface area (TPSA) is 73.2 Å². The Hall–Kier alpha value is -1.90. The average Bonchev–Trinajstić information content (AvgIpc) is 3.13. The molecule has 0 unspecified atom stereocenters. The number of methoxy groups -OCH3 is 1. The molecule has 3 aromatic rings. The lowest BCUT2D eigenvalue weighted by Crippen LogP contribution is -2.25. The lowest BCUT2D eigenvalue weighted by Gasteiger charge is -2.06. The number of sulfonamides is 1. The van der Waals surface area contributed by atoms with E-state index in [0.717, 1.165) is 27.9 Å². The first-order valence-electron chi connectivity index (χ1n) is 7.04. The van der Waals surface area contributed by atoms with Gasteiger partial charge in [-0.05, 0) is 17.5 Å². The molecule has 0 spiro atoms. The Labute approximate surface area is 138 Å². The van der Waals surface area contributed by atoms with E-state index in [4.69, 9.17) is 4.74 Å². The minimum absolute atomic E-state index is 0.200. The number of rotatable bonds is 6. The normalized spacial score (nSPS) is 11.9. The maximum Gasteiger partial charge on any atom is 0.253 e. The summed E-state index contributed by atoms with van der Waals surface area (Å²) in [5, 5.41) is 7.20. The van der Waals surface area contributed by atoms with Gasteiger partial charge in [0.05, 0.1) is 18.3 Å². The van der Waals surface area contributed by atoms with Gasteiger partial charge < -0.3 is 4.74 Å². The zero-order valence-electron chi connectivity index (χ0n) is 12.8. The van der Waals surface area contributed by atoms with Crippen LogP contribution in [-0.4, -0.2) is 31.9 Å². The van der Waals surface area contributed by atoms with Crippen molar-refractivity contribution in [3.63, 3.8) is 0 Å². The second kappa shape index (κ2) is 6.31. The van der Waals surface area contributed by atoms with Crippen molar-refractivity contribution in [3.8, 4) is 5.75 Å². The van der Waals surface area contributed by atoms with E-state index in [-0.39, 0.29) is 10.8 Å².